The van der Waals surface area contributed by atoms with Crippen LogP contribution in [0.1, 0.15) is 33.3 Å². The van der Waals surface area contributed by atoms with E-state index in [0.29, 0.717) is 5.46 Å². The van der Waals surface area contributed by atoms with Gasteiger partial charge in [0.05, 0.1) is 21.7 Å². The molecule has 1 aliphatic heterocycles. The van der Waals surface area contributed by atoms with Crippen molar-refractivity contribution in [3.05, 3.63) is 23.8 Å². The molecule has 0 unspecified atom stereocenters. The van der Waals surface area contributed by atoms with Crippen molar-refractivity contribution in [3.8, 4) is 6.07 Å². The lowest BCUT2D eigenvalue weighted by Gasteiger charge is -2.32. The Morgan fingerprint density at radius 2 is 1.67 bits per heavy atom. The molecule has 2 rings (SSSR count). The summed E-state index contributed by atoms with van der Waals surface area (Å²) in [6, 6.07) is 6.48. The largest absolute Gasteiger partial charge is 0.494 e. The van der Waals surface area contributed by atoms with Crippen LogP contribution < -0.4 is 5.46 Å². The van der Waals surface area contributed by atoms with Crippen LogP contribution in [-0.4, -0.2) is 33.0 Å². The Hall–Kier alpha value is -1.36. The molecular formula is C14H18BNO4S. The Morgan fingerprint density at radius 1 is 1.14 bits per heavy atom. The summed E-state index contributed by atoms with van der Waals surface area (Å²) < 4.78 is 35.1. The molecule has 112 valence electrons. The van der Waals surface area contributed by atoms with E-state index in [-0.39, 0.29) is 10.5 Å². The van der Waals surface area contributed by atoms with Gasteiger partial charge in [-0.25, -0.2) is 8.42 Å². The Bertz CT molecular complexity index is 703. The molecule has 21 heavy (non-hydrogen) atoms. The molecule has 0 aliphatic carbocycles. The van der Waals surface area contributed by atoms with Gasteiger partial charge in [-0.05, 0) is 45.3 Å². The zero-order chi connectivity index (χ0) is 16.1. The van der Waals surface area contributed by atoms with Crippen molar-refractivity contribution in [2.45, 2.75) is 43.8 Å². The van der Waals surface area contributed by atoms with Gasteiger partial charge in [-0.1, -0.05) is 6.07 Å². The van der Waals surface area contributed by atoms with Crippen molar-refractivity contribution in [1.82, 2.24) is 0 Å². The Kier molecular flexibility index (Phi) is 3.69. The number of sulfone groups is 1. The van der Waals surface area contributed by atoms with Crippen molar-refractivity contribution >= 4 is 22.4 Å². The average Bonchev–Trinajstić information content (AvgIpc) is 2.56. The van der Waals surface area contributed by atoms with Crippen LogP contribution >= 0.6 is 0 Å². The lowest BCUT2D eigenvalue weighted by molar-refractivity contribution is 0.00578. The highest BCUT2D eigenvalue weighted by atomic mass is 32.2. The predicted molar refractivity (Wildman–Crippen MR) is 80.0 cm³/mol. The third-order valence-corrected chi connectivity index (χ3v) is 5.20. The van der Waals surface area contributed by atoms with Crippen LogP contribution in [0.5, 0.6) is 0 Å². The Balaban J connectivity index is 2.43. The SMILES string of the molecule is CC1(C)OB(c2ccc(S(C)(=O)=O)c(C#N)c2)OC1(C)C. The number of hydrogen-bond acceptors (Lipinski definition) is 5. The van der Waals surface area contributed by atoms with Crippen LogP contribution in [-0.2, 0) is 19.1 Å². The molecule has 0 spiro atoms. The van der Waals surface area contributed by atoms with Crippen molar-refractivity contribution in [3.63, 3.8) is 0 Å². The molecule has 1 aromatic rings. The number of benzene rings is 1. The van der Waals surface area contributed by atoms with Crippen LogP contribution in [0.15, 0.2) is 23.1 Å². The number of rotatable bonds is 2. The van der Waals surface area contributed by atoms with E-state index in [9.17, 15) is 8.42 Å². The van der Waals surface area contributed by atoms with Gasteiger partial charge in [-0.15, -0.1) is 0 Å². The van der Waals surface area contributed by atoms with Gasteiger partial charge >= 0.3 is 7.12 Å². The van der Waals surface area contributed by atoms with Crippen molar-refractivity contribution in [1.29, 1.82) is 5.26 Å². The molecule has 0 atom stereocenters. The zero-order valence-corrected chi connectivity index (χ0v) is 13.6. The summed E-state index contributed by atoms with van der Waals surface area (Å²) in [7, 11) is -4.05. The molecule has 1 aromatic carbocycles. The standard InChI is InChI=1S/C14H18BNO4S/c1-13(2)14(3,4)20-15(19-13)11-6-7-12(21(5,17)18)10(8-11)9-16/h6-8H,1-5H3. The van der Waals surface area contributed by atoms with Crippen molar-refractivity contribution in [2.75, 3.05) is 6.26 Å². The van der Waals surface area contributed by atoms with Gasteiger partial charge < -0.3 is 9.31 Å². The number of nitrogens with zero attached hydrogens (tertiary/aromatic N) is 1. The minimum atomic E-state index is -3.44. The Labute approximate surface area is 125 Å². The summed E-state index contributed by atoms with van der Waals surface area (Å²) in [5.74, 6) is 0. The fourth-order valence-electron chi connectivity index (χ4n) is 2.08. The minimum Gasteiger partial charge on any atom is -0.399 e. The van der Waals surface area contributed by atoms with Crippen molar-refractivity contribution in [2.24, 2.45) is 0 Å². The number of hydrogen-bond donors (Lipinski definition) is 0. The fourth-order valence-corrected chi connectivity index (χ4v) is 2.90. The molecule has 1 aliphatic rings. The summed E-state index contributed by atoms with van der Waals surface area (Å²) in [4.78, 5) is 0.0188. The number of nitriles is 1. The zero-order valence-electron chi connectivity index (χ0n) is 12.8. The Morgan fingerprint density at radius 3 is 2.10 bits per heavy atom. The molecule has 1 saturated heterocycles. The molecule has 1 heterocycles. The second-order valence-corrected chi connectivity index (χ2v) is 8.21. The molecule has 0 amide bonds. The summed E-state index contributed by atoms with van der Waals surface area (Å²) in [5.41, 5.74) is -0.234. The maximum absolute atomic E-state index is 11.6. The van der Waals surface area contributed by atoms with Crippen LogP contribution in [0.25, 0.3) is 0 Å². The molecular weight excluding hydrogens is 289 g/mol. The average molecular weight is 307 g/mol. The molecule has 5 nitrogen and oxygen atoms in total. The van der Waals surface area contributed by atoms with Crippen LogP contribution in [0.4, 0.5) is 0 Å². The summed E-state index contributed by atoms with van der Waals surface area (Å²) in [6.07, 6.45) is 1.08. The molecule has 0 aromatic heterocycles. The maximum Gasteiger partial charge on any atom is 0.494 e. The normalized spacial score (nSPS) is 20.3. The van der Waals surface area contributed by atoms with Gasteiger partial charge in [0.1, 0.15) is 6.07 Å². The van der Waals surface area contributed by atoms with E-state index in [1.165, 1.54) is 12.1 Å². The highest BCUT2D eigenvalue weighted by Crippen LogP contribution is 2.36. The fraction of sp³-hybridized carbons (Fsp3) is 0.500. The van der Waals surface area contributed by atoms with E-state index in [2.05, 4.69) is 0 Å². The first-order valence-corrected chi connectivity index (χ1v) is 8.47. The van der Waals surface area contributed by atoms with Crippen LogP contribution in [0.3, 0.4) is 0 Å². The van der Waals surface area contributed by atoms with Crippen LogP contribution in [0.2, 0.25) is 0 Å². The van der Waals surface area contributed by atoms with E-state index in [1.807, 2.05) is 33.8 Å². The van der Waals surface area contributed by atoms with Crippen molar-refractivity contribution < 1.29 is 17.7 Å². The summed E-state index contributed by atoms with van der Waals surface area (Å²) in [6.45, 7) is 7.73. The van der Waals surface area contributed by atoms with Gasteiger partial charge in [0.25, 0.3) is 0 Å². The highest BCUT2D eigenvalue weighted by molar-refractivity contribution is 7.90. The first-order valence-electron chi connectivity index (χ1n) is 6.58. The van der Waals surface area contributed by atoms with E-state index in [1.54, 1.807) is 6.07 Å². The van der Waals surface area contributed by atoms with E-state index in [0.717, 1.165) is 6.26 Å². The van der Waals surface area contributed by atoms with Crippen LogP contribution in [0, 0.1) is 11.3 Å². The van der Waals surface area contributed by atoms with Gasteiger partial charge in [0.15, 0.2) is 9.84 Å². The minimum absolute atomic E-state index is 0.0188. The lowest BCUT2D eigenvalue weighted by Crippen LogP contribution is -2.41. The first-order chi connectivity index (χ1) is 9.48. The predicted octanol–water partition coefficient (Wildman–Crippen LogP) is 1.26. The van der Waals surface area contributed by atoms with E-state index < -0.39 is 28.2 Å². The third kappa shape index (κ3) is 2.84. The first kappa shape index (κ1) is 16.0. The summed E-state index contributed by atoms with van der Waals surface area (Å²) in [5, 5.41) is 9.16. The third-order valence-electron chi connectivity index (χ3n) is 4.05. The van der Waals surface area contributed by atoms with Gasteiger partial charge in [-0.3, -0.25) is 0 Å². The van der Waals surface area contributed by atoms with Gasteiger partial charge in [0.2, 0.25) is 0 Å². The molecule has 0 N–H and O–H groups in total. The quantitative estimate of drug-likeness (QED) is 0.769. The smallest absolute Gasteiger partial charge is 0.399 e. The monoisotopic (exact) mass is 307 g/mol. The molecule has 0 radical (unpaired) electrons. The second kappa shape index (κ2) is 4.84. The van der Waals surface area contributed by atoms with Gasteiger partial charge in [-0.2, -0.15) is 5.26 Å². The maximum atomic E-state index is 11.6. The molecule has 0 saturated carbocycles. The topological polar surface area (TPSA) is 76.4 Å². The molecule has 1 fully saturated rings. The molecule has 0 bridgehead atoms. The van der Waals surface area contributed by atoms with E-state index >= 15 is 0 Å². The van der Waals surface area contributed by atoms with Gasteiger partial charge in [0, 0.05) is 6.26 Å². The second-order valence-electron chi connectivity index (χ2n) is 6.23. The highest BCUT2D eigenvalue weighted by Gasteiger charge is 2.51. The van der Waals surface area contributed by atoms with E-state index in [4.69, 9.17) is 14.6 Å². The lowest BCUT2D eigenvalue weighted by atomic mass is 9.78. The molecule has 7 heteroatoms. The summed E-state index contributed by atoms with van der Waals surface area (Å²) >= 11 is 0.